The molecule has 2 fully saturated rings. The van der Waals surface area contributed by atoms with Gasteiger partial charge >= 0.3 is 5.97 Å². The molecule has 6 nitrogen and oxygen atoms in total. The number of hydrogen-bond acceptors (Lipinski definition) is 5. The number of carboxylic acid groups (broad SMARTS) is 1. The van der Waals surface area contributed by atoms with Gasteiger partial charge in [-0.25, -0.2) is 0 Å². The fourth-order valence-corrected chi connectivity index (χ4v) is 7.04. The molecule has 1 saturated carbocycles. The van der Waals surface area contributed by atoms with Crippen LogP contribution >= 0.6 is 17.0 Å². The summed E-state index contributed by atoms with van der Waals surface area (Å²) in [5, 5.41) is 31.8. The van der Waals surface area contributed by atoms with E-state index in [1.807, 2.05) is 6.07 Å². The SMILES string of the molecule is Br.CN1CC[C@]23c4c5ccc(O)c4OC2C2(O)C=CC3(CC2C(=O)O)C1C5. The van der Waals surface area contributed by atoms with Crippen LogP contribution < -0.4 is 4.74 Å². The number of benzene rings is 1. The fourth-order valence-electron chi connectivity index (χ4n) is 7.04. The molecule has 0 amide bonds. The minimum atomic E-state index is -1.56. The van der Waals surface area contributed by atoms with Crippen LogP contribution in [0.3, 0.4) is 0 Å². The van der Waals surface area contributed by atoms with E-state index in [0.717, 1.165) is 30.5 Å². The first-order valence-corrected chi connectivity index (χ1v) is 9.23. The van der Waals surface area contributed by atoms with E-state index in [0.29, 0.717) is 12.2 Å². The maximum Gasteiger partial charge on any atom is 0.309 e. The standard InChI is InChI=1S/C20H21NO5.BrH/c1-21-7-6-19-14-10-2-3-12(22)15(14)26-17(19)20(25)5-4-18(19,13(21)8-10)9-11(20)16(23)24;/h2-5,11,13,17,22,25H,6-9H2,1H3,(H,23,24);1H/t11?,13?,17?,18?,19-,20?;/m0./s1. The van der Waals surface area contributed by atoms with Gasteiger partial charge in [-0.15, -0.1) is 17.0 Å². The van der Waals surface area contributed by atoms with E-state index in [4.69, 9.17) is 4.74 Å². The van der Waals surface area contributed by atoms with Gasteiger partial charge in [-0.1, -0.05) is 18.2 Å². The number of aliphatic hydroxyl groups is 1. The Kier molecular flexibility index (Phi) is 3.17. The monoisotopic (exact) mass is 435 g/mol. The quantitative estimate of drug-likeness (QED) is 0.580. The summed E-state index contributed by atoms with van der Waals surface area (Å²) in [6, 6.07) is 3.78. The van der Waals surface area contributed by atoms with Gasteiger partial charge in [-0.2, -0.15) is 0 Å². The van der Waals surface area contributed by atoms with Crippen molar-refractivity contribution < 1.29 is 24.9 Å². The first-order chi connectivity index (χ1) is 12.3. The second kappa shape index (κ2) is 4.88. The number of phenolic OH excluding ortho intramolecular Hbond substituents is 1. The number of aromatic hydroxyl groups is 1. The molecule has 4 aliphatic carbocycles. The van der Waals surface area contributed by atoms with Gasteiger partial charge in [-0.3, -0.25) is 4.79 Å². The lowest BCUT2D eigenvalue weighted by Gasteiger charge is -2.69. The maximum atomic E-state index is 12.0. The summed E-state index contributed by atoms with van der Waals surface area (Å²) in [6.45, 7) is 0.864. The molecule has 144 valence electrons. The van der Waals surface area contributed by atoms with Crippen molar-refractivity contribution in [1.82, 2.24) is 4.90 Å². The third kappa shape index (κ3) is 1.57. The summed E-state index contributed by atoms with van der Waals surface area (Å²) in [4.78, 5) is 14.4. The Morgan fingerprint density at radius 3 is 2.85 bits per heavy atom. The number of ether oxygens (including phenoxy) is 1. The van der Waals surface area contributed by atoms with Crippen LogP contribution in [0.1, 0.15) is 24.0 Å². The van der Waals surface area contributed by atoms with Gasteiger partial charge in [-0.05, 0) is 44.5 Å². The minimum Gasteiger partial charge on any atom is -0.504 e. The molecule has 6 atom stereocenters. The topological polar surface area (TPSA) is 90.2 Å². The van der Waals surface area contributed by atoms with Crippen molar-refractivity contribution >= 4 is 23.0 Å². The molecule has 2 heterocycles. The van der Waals surface area contributed by atoms with Gasteiger partial charge in [0, 0.05) is 17.0 Å². The molecule has 6 aliphatic rings. The molecule has 5 unspecified atom stereocenters. The number of piperidine rings is 1. The first kappa shape index (κ1) is 17.5. The van der Waals surface area contributed by atoms with Crippen LogP contribution in [0.5, 0.6) is 11.5 Å². The third-order valence-corrected chi connectivity index (χ3v) is 8.05. The molecule has 1 saturated heterocycles. The van der Waals surface area contributed by atoms with Crippen LogP contribution in [-0.4, -0.2) is 57.5 Å². The Bertz CT molecular complexity index is 918. The number of carboxylic acids is 1. The summed E-state index contributed by atoms with van der Waals surface area (Å²) < 4.78 is 6.22. The highest BCUT2D eigenvalue weighted by molar-refractivity contribution is 8.93. The number of fused-ring (bicyclic) bond motifs is 1. The number of nitrogens with zero attached hydrogens (tertiary/aromatic N) is 1. The number of likely N-dealkylation sites (N-methyl/N-ethyl adjacent to an activating group) is 1. The zero-order chi connectivity index (χ0) is 18.1. The summed E-state index contributed by atoms with van der Waals surface area (Å²) in [5.74, 6) is -1.36. The van der Waals surface area contributed by atoms with Gasteiger partial charge in [0.05, 0.1) is 11.3 Å². The summed E-state index contributed by atoms with van der Waals surface area (Å²) in [7, 11) is 2.10. The lowest BCUT2D eigenvalue weighted by molar-refractivity contribution is -0.211. The van der Waals surface area contributed by atoms with Gasteiger partial charge < -0.3 is 25.0 Å². The Morgan fingerprint density at radius 1 is 1.33 bits per heavy atom. The highest BCUT2D eigenvalue weighted by Crippen LogP contribution is 2.73. The average Bonchev–Trinajstić information content (AvgIpc) is 2.98. The molecule has 7 heteroatoms. The van der Waals surface area contributed by atoms with Crippen molar-refractivity contribution in [2.75, 3.05) is 13.6 Å². The largest absolute Gasteiger partial charge is 0.504 e. The number of halogens is 1. The van der Waals surface area contributed by atoms with Crippen LogP contribution in [0.25, 0.3) is 0 Å². The zero-order valence-electron chi connectivity index (χ0n) is 14.9. The molecular weight excluding hydrogens is 414 g/mol. The maximum absolute atomic E-state index is 12.0. The number of hydrogen-bond donors (Lipinski definition) is 3. The van der Waals surface area contributed by atoms with Gasteiger partial charge in [0.25, 0.3) is 0 Å². The molecule has 2 aliphatic heterocycles. The van der Waals surface area contributed by atoms with Crippen molar-refractivity contribution in [2.45, 2.75) is 42.4 Å². The van der Waals surface area contributed by atoms with E-state index in [1.54, 1.807) is 12.1 Å². The molecule has 4 bridgehead atoms. The highest BCUT2D eigenvalue weighted by atomic mass is 79.9. The van der Waals surface area contributed by atoms with Crippen LogP contribution in [0, 0.1) is 11.3 Å². The number of rotatable bonds is 1. The number of aliphatic carboxylic acids is 1. The Labute approximate surface area is 167 Å². The van der Waals surface area contributed by atoms with Gasteiger partial charge in [0.2, 0.25) is 0 Å². The van der Waals surface area contributed by atoms with Crippen molar-refractivity contribution in [3.8, 4) is 11.5 Å². The molecule has 2 spiro atoms. The summed E-state index contributed by atoms with van der Waals surface area (Å²) >= 11 is 0. The van der Waals surface area contributed by atoms with Crippen molar-refractivity contribution in [1.29, 1.82) is 0 Å². The second-order valence-corrected chi connectivity index (χ2v) is 8.72. The molecule has 7 rings (SSSR count). The highest BCUT2D eigenvalue weighted by Gasteiger charge is 2.79. The average molecular weight is 436 g/mol. The Hall–Kier alpha value is -1.57. The Morgan fingerprint density at radius 2 is 2.11 bits per heavy atom. The molecule has 3 N–H and O–H groups in total. The van der Waals surface area contributed by atoms with Crippen LogP contribution in [0.2, 0.25) is 0 Å². The molecule has 1 aromatic rings. The second-order valence-electron chi connectivity index (χ2n) is 8.72. The van der Waals surface area contributed by atoms with E-state index in [-0.39, 0.29) is 28.8 Å². The van der Waals surface area contributed by atoms with Crippen molar-refractivity contribution in [3.05, 3.63) is 35.4 Å². The van der Waals surface area contributed by atoms with Gasteiger partial charge in [0.15, 0.2) is 11.5 Å². The minimum absolute atomic E-state index is 0. The molecule has 0 aromatic heterocycles. The van der Waals surface area contributed by atoms with E-state index in [2.05, 4.69) is 18.0 Å². The number of carbonyl (C=O) groups is 1. The van der Waals surface area contributed by atoms with Crippen LogP contribution in [0.15, 0.2) is 24.3 Å². The summed E-state index contributed by atoms with van der Waals surface area (Å²) in [5.41, 5.74) is -0.267. The van der Waals surface area contributed by atoms with Crippen molar-refractivity contribution in [3.63, 3.8) is 0 Å². The Balaban J connectivity index is 0.00000160. The number of phenols is 1. The third-order valence-electron chi connectivity index (χ3n) is 8.05. The van der Waals surface area contributed by atoms with E-state index >= 15 is 0 Å². The molecule has 1 aromatic carbocycles. The lowest BCUT2D eigenvalue weighted by atomic mass is 9.37. The molecule has 0 radical (unpaired) electrons. The molecule has 27 heavy (non-hydrogen) atoms. The lowest BCUT2D eigenvalue weighted by Crippen LogP contribution is -2.79. The van der Waals surface area contributed by atoms with Crippen LogP contribution in [0.4, 0.5) is 0 Å². The van der Waals surface area contributed by atoms with Crippen molar-refractivity contribution in [2.24, 2.45) is 11.3 Å². The zero-order valence-corrected chi connectivity index (χ0v) is 16.6. The van der Waals surface area contributed by atoms with E-state index in [1.165, 1.54) is 0 Å². The van der Waals surface area contributed by atoms with E-state index in [9.17, 15) is 20.1 Å². The number of likely N-dealkylation sites (tertiary alicyclic amines) is 1. The predicted molar refractivity (Wildman–Crippen MR) is 102 cm³/mol. The summed E-state index contributed by atoms with van der Waals surface area (Å²) in [6.07, 6.45) is 5.07. The predicted octanol–water partition coefficient (Wildman–Crippen LogP) is 1.62. The normalized spacial score (nSPS) is 45.0. The smallest absolute Gasteiger partial charge is 0.309 e. The molecular formula is C20H22BrNO5. The fraction of sp³-hybridized carbons (Fsp3) is 0.550. The van der Waals surface area contributed by atoms with Crippen LogP contribution in [-0.2, 0) is 16.6 Å². The van der Waals surface area contributed by atoms with E-state index < -0.39 is 34.4 Å². The van der Waals surface area contributed by atoms with Gasteiger partial charge in [0.1, 0.15) is 11.7 Å². The first-order valence-electron chi connectivity index (χ1n) is 9.23.